The fourth-order valence-electron chi connectivity index (χ4n) is 1.33. The smallest absolute Gasteiger partial charge is 0.329 e. The van der Waals surface area contributed by atoms with Gasteiger partial charge >= 0.3 is 5.97 Å². The summed E-state index contributed by atoms with van der Waals surface area (Å²) in [5.41, 5.74) is 6.07. The van der Waals surface area contributed by atoms with Gasteiger partial charge in [-0.1, -0.05) is 0 Å². The number of imidazole rings is 1. The van der Waals surface area contributed by atoms with Gasteiger partial charge in [-0.15, -0.1) is 0 Å². The molecule has 0 saturated carbocycles. The first-order valence-corrected chi connectivity index (χ1v) is 5.68. The fourth-order valence-corrected chi connectivity index (χ4v) is 1.33. The number of aldehydes is 1. The van der Waals surface area contributed by atoms with Crippen LogP contribution >= 0.6 is 0 Å². The molecule has 0 aliphatic rings. The highest BCUT2D eigenvalue weighted by atomic mass is 16.5. The third-order valence-electron chi connectivity index (χ3n) is 2.29. The lowest BCUT2D eigenvalue weighted by atomic mass is 10.1. The summed E-state index contributed by atoms with van der Waals surface area (Å²) in [5, 5.41) is 2.46. The third kappa shape index (κ3) is 4.88. The number of esters is 1. The average Bonchev–Trinajstić information content (AvgIpc) is 2.87. The van der Waals surface area contributed by atoms with Crippen LogP contribution in [0.3, 0.4) is 0 Å². The molecule has 0 aliphatic heterocycles. The number of hydrogen-bond acceptors (Lipinski definition) is 6. The zero-order chi connectivity index (χ0) is 14.3. The van der Waals surface area contributed by atoms with Crippen molar-refractivity contribution in [2.45, 2.75) is 25.4 Å². The first kappa shape index (κ1) is 14.8. The van der Waals surface area contributed by atoms with E-state index in [0.29, 0.717) is 12.0 Å². The standard InChI is InChI=1S/C11H16N4O4/c1-7(12)10(17)15-9(11(18)19-3-2-16)4-8-5-13-6-14-8/h2,5-7,9H,3-4,12H2,1H3,(H,13,14)(H,15,17)/t7-,9-/m0/s1. The monoisotopic (exact) mass is 268 g/mol. The highest BCUT2D eigenvalue weighted by Gasteiger charge is 2.24. The Bertz CT molecular complexity index is 430. The van der Waals surface area contributed by atoms with Gasteiger partial charge in [0, 0.05) is 18.3 Å². The Morgan fingerprint density at radius 2 is 2.37 bits per heavy atom. The zero-order valence-corrected chi connectivity index (χ0v) is 10.5. The topological polar surface area (TPSA) is 127 Å². The molecule has 0 saturated heterocycles. The van der Waals surface area contributed by atoms with Crippen LogP contribution in [0.2, 0.25) is 0 Å². The molecular formula is C11H16N4O4. The summed E-state index contributed by atoms with van der Waals surface area (Å²) in [6.07, 6.45) is 3.61. The number of nitrogens with two attached hydrogens (primary N) is 1. The van der Waals surface area contributed by atoms with Crippen LogP contribution in [0, 0.1) is 0 Å². The molecule has 1 amide bonds. The molecule has 1 rings (SSSR count). The van der Waals surface area contributed by atoms with Crippen molar-refractivity contribution in [3.63, 3.8) is 0 Å². The number of rotatable bonds is 7. The molecule has 0 radical (unpaired) electrons. The van der Waals surface area contributed by atoms with E-state index in [1.165, 1.54) is 19.4 Å². The van der Waals surface area contributed by atoms with E-state index in [4.69, 9.17) is 5.73 Å². The first-order chi connectivity index (χ1) is 9.04. The van der Waals surface area contributed by atoms with Gasteiger partial charge in [-0.25, -0.2) is 9.78 Å². The Hall–Kier alpha value is -2.22. The normalized spacial score (nSPS) is 13.4. The van der Waals surface area contributed by atoms with Gasteiger partial charge in [0.1, 0.15) is 12.6 Å². The number of H-pyrrole nitrogens is 1. The summed E-state index contributed by atoms with van der Waals surface area (Å²) in [6.45, 7) is 1.14. The maximum atomic E-state index is 11.7. The molecular weight excluding hydrogens is 252 g/mol. The van der Waals surface area contributed by atoms with Crippen LogP contribution in [0.25, 0.3) is 0 Å². The molecule has 0 spiro atoms. The molecule has 8 heteroatoms. The van der Waals surface area contributed by atoms with Gasteiger partial charge in [-0.05, 0) is 6.92 Å². The summed E-state index contributed by atoms with van der Waals surface area (Å²) in [4.78, 5) is 40.0. The predicted molar refractivity (Wildman–Crippen MR) is 64.9 cm³/mol. The number of aromatic nitrogens is 2. The van der Waals surface area contributed by atoms with E-state index in [2.05, 4.69) is 20.0 Å². The van der Waals surface area contributed by atoms with Gasteiger partial charge in [-0.3, -0.25) is 9.59 Å². The van der Waals surface area contributed by atoms with Crippen LogP contribution in [0.5, 0.6) is 0 Å². The molecule has 19 heavy (non-hydrogen) atoms. The number of carbonyl (C=O) groups is 3. The maximum Gasteiger partial charge on any atom is 0.329 e. The molecule has 8 nitrogen and oxygen atoms in total. The zero-order valence-electron chi connectivity index (χ0n) is 10.5. The van der Waals surface area contributed by atoms with Crippen LogP contribution in [0.1, 0.15) is 12.6 Å². The van der Waals surface area contributed by atoms with Crippen molar-refractivity contribution in [3.05, 3.63) is 18.2 Å². The van der Waals surface area contributed by atoms with E-state index in [-0.39, 0.29) is 13.0 Å². The van der Waals surface area contributed by atoms with Crippen molar-refractivity contribution in [3.8, 4) is 0 Å². The molecule has 104 valence electrons. The second-order valence-corrected chi connectivity index (χ2v) is 3.93. The molecule has 1 aromatic rings. The fraction of sp³-hybridized carbons (Fsp3) is 0.455. The van der Waals surface area contributed by atoms with Crippen molar-refractivity contribution >= 4 is 18.2 Å². The van der Waals surface area contributed by atoms with Gasteiger partial charge in [0.15, 0.2) is 6.29 Å². The Balaban J connectivity index is 2.69. The minimum Gasteiger partial charge on any atom is -0.456 e. The second-order valence-electron chi connectivity index (χ2n) is 3.93. The Morgan fingerprint density at radius 3 is 2.89 bits per heavy atom. The van der Waals surface area contributed by atoms with Gasteiger partial charge in [0.2, 0.25) is 5.91 Å². The molecule has 1 aromatic heterocycles. The number of hydrogen-bond donors (Lipinski definition) is 3. The van der Waals surface area contributed by atoms with Crippen molar-refractivity contribution in [2.24, 2.45) is 5.73 Å². The Labute approximate surface area is 109 Å². The van der Waals surface area contributed by atoms with Gasteiger partial charge in [-0.2, -0.15) is 0 Å². The van der Waals surface area contributed by atoms with Crippen molar-refractivity contribution in [2.75, 3.05) is 6.61 Å². The molecule has 1 heterocycles. The summed E-state index contributed by atoms with van der Waals surface area (Å²) in [6, 6.07) is -1.66. The minimum absolute atomic E-state index is 0.177. The Morgan fingerprint density at radius 1 is 1.63 bits per heavy atom. The molecule has 0 unspecified atom stereocenters. The van der Waals surface area contributed by atoms with Gasteiger partial charge < -0.3 is 20.8 Å². The number of nitrogens with one attached hydrogen (secondary N) is 2. The van der Waals surface area contributed by atoms with E-state index >= 15 is 0 Å². The lowest BCUT2D eigenvalue weighted by Gasteiger charge is -2.17. The van der Waals surface area contributed by atoms with Crippen LogP contribution in [-0.4, -0.2) is 46.8 Å². The quantitative estimate of drug-likeness (QED) is 0.409. The summed E-state index contributed by atoms with van der Waals surface area (Å²) >= 11 is 0. The van der Waals surface area contributed by atoms with Crippen molar-refractivity contribution in [1.29, 1.82) is 0 Å². The predicted octanol–water partition coefficient (Wildman–Crippen LogP) is -1.47. The summed E-state index contributed by atoms with van der Waals surface area (Å²) < 4.78 is 4.69. The molecule has 4 N–H and O–H groups in total. The van der Waals surface area contributed by atoms with Crippen molar-refractivity contribution < 1.29 is 19.1 Å². The summed E-state index contributed by atoms with van der Waals surface area (Å²) in [5.74, 6) is -1.18. The number of carbonyl (C=O) groups excluding carboxylic acids is 3. The second kappa shape index (κ2) is 7.27. The molecule has 2 atom stereocenters. The molecule has 0 aromatic carbocycles. The van der Waals surface area contributed by atoms with E-state index < -0.39 is 24.0 Å². The van der Waals surface area contributed by atoms with E-state index in [1.807, 2.05) is 0 Å². The van der Waals surface area contributed by atoms with Crippen LogP contribution in [-0.2, 0) is 25.5 Å². The largest absolute Gasteiger partial charge is 0.456 e. The van der Waals surface area contributed by atoms with Crippen LogP contribution < -0.4 is 11.1 Å². The van der Waals surface area contributed by atoms with Crippen LogP contribution in [0.15, 0.2) is 12.5 Å². The first-order valence-electron chi connectivity index (χ1n) is 5.68. The van der Waals surface area contributed by atoms with E-state index in [9.17, 15) is 14.4 Å². The lowest BCUT2D eigenvalue weighted by molar-refractivity contribution is -0.149. The van der Waals surface area contributed by atoms with Gasteiger partial charge in [0.05, 0.1) is 12.4 Å². The van der Waals surface area contributed by atoms with Crippen LogP contribution in [0.4, 0.5) is 0 Å². The average molecular weight is 268 g/mol. The van der Waals surface area contributed by atoms with Gasteiger partial charge in [0.25, 0.3) is 0 Å². The molecule has 0 aliphatic carbocycles. The third-order valence-corrected chi connectivity index (χ3v) is 2.29. The van der Waals surface area contributed by atoms with Crippen molar-refractivity contribution in [1.82, 2.24) is 15.3 Å². The number of aromatic amines is 1. The van der Waals surface area contributed by atoms with E-state index in [0.717, 1.165) is 0 Å². The maximum absolute atomic E-state index is 11.7. The minimum atomic E-state index is -0.918. The molecule has 0 fully saturated rings. The highest BCUT2D eigenvalue weighted by Crippen LogP contribution is 2.01. The molecule has 0 bridgehead atoms. The number of nitrogens with zero attached hydrogens (tertiary/aromatic N) is 1. The number of ether oxygens (including phenoxy) is 1. The number of amides is 1. The lowest BCUT2D eigenvalue weighted by Crippen LogP contribution is -2.49. The SMILES string of the molecule is C[C@H](N)C(=O)N[C@@H](Cc1cnc[nH]1)C(=O)OCC=O. The van der Waals surface area contributed by atoms with E-state index in [1.54, 1.807) is 0 Å². The highest BCUT2D eigenvalue weighted by molar-refractivity contribution is 5.87. The summed E-state index contributed by atoms with van der Waals surface area (Å²) in [7, 11) is 0. The Kier molecular flexibility index (Phi) is 5.68.